The number of epoxide rings is 1. The summed E-state index contributed by atoms with van der Waals surface area (Å²) < 4.78 is 40.4. The number of likely N-dealkylation sites (N-methyl/N-ethyl adjacent to an activating group) is 1. The van der Waals surface area contributed by atoms with E-state index in [2.05, 4.69) is 10.6 Å². The van der Waals surface area contributed by atoms with Crippen molar-refractivity contribution < 1.29 is 72.1 Å². The van der Waals surface area contributed by atoms with Crippen molar-refractivity contribution in [1.82, 2.24) is 20.4 Å². The lowest BCUT2D eigenvalue weighted by Crippen LogP contribution is -2.63. The third-order valence-electron chi connectivity index (χ3n) is 13.5. The molecular weight excluding hydrogens is 922 g/mol. The van der Waals surface area contributed by atoms with Crippen LogP contribution in [0, 0.1) is 5.92 Å². The first kappa shape index (κ1) is 55.1. The minimum atomic E-state index is -1.88. The van der Waals surface area contributed by atoms with Crippen molar-refractivity contribution in [2.24, 2.45) is 5.92 Å². The molecule has 20 nitrogen and oxygen atoms in total. The number of carboxylic acid groups (broad SMARTS) is 1. The summed E-state index contributed by atoms with van der Waals surface area (Å²) >= 11 is 6.82. The SMILES string of the molecule is COc1cc2cc(c1Cl)N(C)C(=O)C[C@H](OC(=O)[C@H](C)N(C)C(=O)CCC(=O)N(CCOCCOCCC(=O)O)C1CCNCC1)C1(C)OC1[C@H](C)[C@@H]1C[C@@](O)(NC(=O)O1)[C@H](OC)/C=C/C=C(\C)C2. The number of esters is 1. The second-order valence-corrected chi connectivity index (χ2v) is 18.7. The standard InChI is InChI=1S/C48H70ClN5O15/c1-29-10-9-11-37(64-8)48(62)28-36(67-46(61)51-48)30(2)44-47(4,69-44)38(27-41(57)53(6)34-25-32(24-29)26-35(63-7)43(34)49)68-45(60)31(3)52(5)39(55)12-13-40(56)54(33-14-17-50-18-15-33)19-21-66-23-22-65-20-16-42(58)59/h9-11,25-26,30-31,33,36-38,44,50,62H,12-24,27-28H2,1-8H3,(H,51,61)(H,58,59)/b11-9+,29-10+/t30-,31+,36+,37-,38+,44?,47?,48+/m1/s1. The Hall–Kier alpha value is -4.83. The third kappa shape index (κ3) is 14.4. The van der Waals surface area contributed by atoms with Gasteiger partial charge in [0.15, 0.2) is 5.72 Å². The molecule has 0 radical (unpaired) electrons. The average molecular weight is 993 g/mol. The van der Waals surface area contributed by atoms with Gasteiger partial charge in [0.1, 0.15) is 40.7 Å². The smallest absolute Gasteiger partial charge is 0.409 e. The molecule has 0 spiro atoms. The molecule has 384 valence electrons. The average Bonchev–Trinajstić information content (AvgIpc) is 4.02. The molecule has 5 rings (SSSR count). The number of piperidine rings is 1. The van der Waals surface area contributed by atoms with Gasteiger partial charge >= 0.3 is 18.0 Å². The van der Waals surface area contributed by atoms with Crippen molar-refractivity contribution >= 4 is 53.0 Å². The Morgan fingerprint density at radius 2 is 1.71 bits per heavy atom. The number of amides is 4. The van der Waals surface area contributed by atoms with Crippen LogP contribution in [0.25, 0.3) is 0 Å². The number of carbonyl (C=O) groups is 6. The van der Waals surface area contributed by atoms with E-state index in [0.717, 1.165) is 37.1 Å². The second kappa shape index (κ2) is 24.8. The summed E-state index contributed by atoms with van der Waals surface area (Å²) in [6.07, 6.45) is 1.44. The molecule has 21 heteroatoms. The van der Waals surface area contributed by atoms with Crippen molar-refractivity contribution in [3.05, 3.63) is 46.5 Å². The van der Waals surface area contributed by atoms with Crippen LogP contribution in [0.4, 0.5) is 10.5 Å². The van der Waals surface area contributed by atoms with Crippen LogP contribution in [-0.2, 0) is 58.8 Å². The highest BCUT2D eigenvalue weighted by atomic mass is 35.5. The Kier molecular flexibility index (Phi) is 19.8. The van der Waals surface area contributed by atoms with E-state index in [1.807, 2.05) is 13.0 Å². The monoisotopic (exact) mass is 991 g/mol. The highest BCUT2D eigenvalue weighted by Crippen LogP contribution is 2.49. The predicted molar refractivity (Wildman–Crippen MR) is 252 cm³/mol. The number of hydrogen-bond acceptors (Lipinski definition) is 15. The number of hydrogen-bond donors (Lipinski definition) is 4. The zero-order valence-electron chi connectivity index (χ0n) is 41.0. The Labute approximate surface area is 408 Å². The van der Waals surface area contributed by atoms with Gasteiger partial charge in [0.25, 0.3) is 0 Å². The maximum absolute atomic E-state index is 14.4. The molecule has 2 unspecified atom stereocenters. The number of carbonyl (C=O) groups excluding carboxylic acids is 5. The highest BCUT2D eigenvalue weighted by Gasteiger charge is 2.64. The Morgan fingerprint density at radius 1 is 1.03 bits per heavy atom. The van der Waals surface area contributed by atoms with Crippen LogP contribution in [0.3, 0.4) is 0 Å². The van der Waals surface area contributed by atoms with E-state index in [-0.39, 0.29) is 82.0 Å². The Balaban J connectivity index is 1.33. The van der Waals surface area contributed by atoms with Crippen LogP contribution in [-0.4, -0.2) is 178 Å². The van der Waals surface area contributed by atoms with E-state index in [1.165, 1.54) is 38.0 Å². The topological polar surface area (TPSA) is 245 Å². The summed E-state index contributed by atoms with van der Waals surface area (Å²) in [5.74, 6) is -3.26. The quantitative estimate of drug-likeness (QED) is 0.0936. The number of alkyl carbamates (subject to hydrolysis) is 1. The predicted octanol–water partition coefficient (Wildman–Crippen LogP) is 3.38. The number of rotatable bonds is 18. The summed E-state index contributed by atoms with van der Waals surface area (Å²) in [6.45, 7) is 9.33. The zero-order valence-corrected chi connectivity index (χ0v) is 41.7. The van der Waals surface area contributed by atoms with Crippen molar-refractivity contribution in [1.29, 1.82) is 0 Å². The largest absolute Gasteiger partial charge is 0.495 e. The van der Waals surface area contributed by atoms with E-state index in [9.17, 15) is 33.9 Å². The molecule has 3 fully saturated rings. The first-order valence-corrected chi connectivity index (χ1v) is 23.8. The molecule has 0 saturated carbocycles. The molecule has 0 aromatic heterocycles. The molecule has 1 aromatic carbocycles. The Bertz CT molecular complexity index is 2070. The van der Waals surface area contributed by atoms with Gasteiger partial charge in [-0.3, -0.25) is 24.5 Å². The number of methoxy groups -OCH3 is 2. The van der Waals surface area contributed by atoms with Crippen molar-refractivity contribution in [2.45, 2.75) is 127 Å². The van der Waals surface area contributed by atoms with Gasteiger partial charge in [-0.05, 0) is 70.8 Å². The van der Waals surface area contributed by atoms with Crippen LogP contribution >= 0.6 is 11.6 Å². The van der Waals surface area contributed by atoms with Gasteiger partial charge in [-0.1, -0.05) is 42.3 Å². The molecule has 69 heavy (non-hydrogen) atoms. The molecule has 3 saturated heterocycles. The van der Waals surface area contributed by atoms with Gasteiger partial charge in [0.05, 0.1) is 58.2 Å². The van der Waals surface area contributed by atoms with E-state index in [4.69, 9.17) is 49.9 Å². The lowest BCUT2D eigenvalue weighted by Gasteiger charge is -2.42. The van der Waals surface area contributed by atoms with Crippen LogP contribution in [0.15, 0.2) is 35.9 Å². The number of aliphatic carboxylic acids is 1. The van der Waals surface area contributed by atoms with Gasteiger partial charge in [-0.25, -0.2) is 9.59 Å². The normalized spacial score (nSPS) is 28.2. The van der Waals surface area contributed by atoms with Crippen LogP contribution in [0.2, 0.25) is 5.02 Å². The number of fused-ring (bicyclic) bond motifs is 5. The molecule has 4 aliphatic heterocycles. The first-order chi connectivity index (χ1) is 32.7. The maximum Gasteiger partial charge on any atom is 0.409 e. The number of benzene rings is 1. The molecule has 4 heterocycles. The van der Waals surface area contributed by atoms with Crippen molar-refractivity contribution in [3.8, 4) is 5.75 Å². The molecule has 1 aromatic rings. The Morgan fingerprint density at radius 3 is 2.38 bits per heavy atom. The van der Waals surface area contributed by atoms with Gasteiger partial charge in [-0.15, -0.1) is 0 Å². The number of carboxylic acids is 1. The fourth-order valence-corrected chi connectivity index (χ4v) is 9.34. The maximum atomic E-state index is 14.4. The number of nitrogens with one attached hydrogen (secondary N) is 2. The second-order valence-electron chi connectivity index (χ2n) is 18.3. The molecular formula is C48H70ClN5O15. The van der Waals surface area contributed by atoms with Crippen molar-refractivity contribution in [3.63, 3.8) is 0 Å². The molecule has 8 atom stereocenters. The number of halogens is 1. The number of aliphatic hydroxyl groups is 1. The lowest BCUT2D eigenvalue weighted by atomic mass is 9.83. The van der Waals surface area contributed by atoms with Crippen molar-refractivity contribution in [2.75, 3.05) is 79.3 Å². The lowest BCUT2D eigenvalue weighted by molar-refractivity contribution is -0.162. The minimum Gasteiger partial charge on any atom is -0.495 e. The summed E-state index contributed by atoms with van der Waals surface area (Å²) in [4.78, 5) is 83.9. The summed E-state index contributed by atoms with van der Waals surface area (Å²) in [5, 5.41) is 26.6. The summed E-state index contributed by atoms with van der Waals surface area (Å²) in [6, 6.07) is 2.33. The molecule has 4 bridgehead atoms. The van der Waals surface area contributed by atoms with E-state index in [1.54, 1.807) is 50.1 Å². The third-order valence-corrected chi connectivity index (χ3v) is 13.8. The number of allylic oxidation sites excluding steroid dienone is 3. The minimum absolute atomic E-state index is 0.0571. The fourth-order valence-electron chi connectivity index (χ4n) is 9.03. The molecule has 4 N–H and O–H groups in total. The fraction of sp³-hybridized carbons (Fsp3) is 0.667. The first-order valence-electron chi connectivity index (χ1n) is 23.4. The highest BCUT2D eigenvalue weighted by molar-refractivity contribution is 6.35. The van der Waals surface area contributed by atoms with E-state index < -0.39 is 77.5 Å². The zero-order chi connectivity index (χ0) is 50.6. The van der Waals surface area contributed by atoms with Crippen LogP contribution in [0.1, 0.15) is 78.2 Å². The van der Waals surface area contributed by atoms with E-state index in [0.29, 0.717) is 17.9 Å². The van der Waals surface area contributed by atoms with Gasteiger partial charge in [0, 0.05) is 59.0 Å². The van der Waals surface area contributed by atoms with Gasteiger partial charge < -0.3 is 63.4 Å². The number of ether oxygens (including phenoxy) is 7. The summed E-state index contributed by atoms with van der Waals surface area (Å²) in [5.41, 5.74) is -1.17. The van der Waals surface area contributed by atoms with Crippen LogP contribution < -0.4 is 20.3 Å². The number of nitrogens with zero attached hydrogens (tertiary/aromatic N) is 3. The summed E-state index contributed by atoms with van der Waals surface area (Å²) in [7, 11) is 5.87. The van der Waals surface area contributed by atoms with Crippen LogP contribution in [0.5, 0.6) is 5.75 Å². The van der Waals surface area contributed by atoms with Gasteiger partial charge in [0.2, 0.25) is 17.7 Å². The van der Waals surface area contributed by atoms with Gasteiger partial charge in [-0.2, -0.15) is 0 Å². The molecule has 4 amide bonds. The number of anilines is 1. The van der Waals surface area contributed by atoms with E-state index >= 15 is 0 Å². The molecule has 0 aliphatic carbocycles. The molecule has 4 aliphatic rings.